The Kier molecular flexibility index (Phi) is 2.87. The van der Waals surface area contributed by atoms with E-state index in [1.54, 1.807) is 12.3 Å². The first-order valence-corrected chi connectivity index (χ1v) is 4.35. The molecule has 0 unspecified atom stereocenters. The summed E-state index contributed by atoms with van der Waals surface area (Å²) in [4.78, 5) is 4.07. The van der Waals surface area contributed by atoms with Gasteiger partial charge < -0.3 is 5.73 Å². The fourth-order valence-electron chi connectivity index (χ4n) is 0.760. The van der Waals surface area contributed by atoms with E-state index in [2.05, 4.69) is 20.9 Å². The van der Waals surface area contributed by atoms with Gasteiger partial charge in [-0.3, -0.25) is 4.98 Å². The van der Waals surface area contributed by atoms with Gasteiger partial charge in [-0.25, -0.2) is 0 Å². The average molecular weight is 236 g/mol. The Hall–Kier alpha value is -0.120. The van der Waals surface area contributed by atoms with Crippen LogP contribution < -0.4 is 5.73 Å². The minimum atomic E-state index is -0.115. The van der Waals surface area contributed by atoms with Crippen molar-refractivity contribution in [3.05, 3.63) is 27.5 Å². The van der Waals surface area contributed by atoms with Gasteiger partial charge in [-0.1, -0.05) is 11.6 Å². The Labute approximate surface area is 78.9 Å². The van der Waals surface area contributed by atoms with E-state index in [9.17, 15) is 0 Å². The standard InChI is InChI=1S/C7H8BrClN2/c1-4(10)7-6(9)2-5(8)3-11-7/h2-4H,10H2,1H3/t4-/m1/s1. The molecule has 0 saturated carbocycles. The van der Waals surface area contributed by atoms with Crippen LogP contribution in [0.5, 0.6) is 0 Å². The predicted octanol–water partition coefficient (Wildman–Crippen LogP) is 2.52. The van der Waals surface area contributed by atoms with E-state index in [-0.39, 0.29) is 6.04 Å². The normalized spacial score (nSPS) is 13.1. The van der Waals surface area contributed by atoms with Crippen molar-refractivity contribution in [2.24, 2.45) is 5.73 Å². The number of hydrogen-bond acceptors (Lipinski definition) is 2. The second-order valence-corrected chi connectivity index (χ2v) is 3.63. The highest BCUT2D eigenvalue weighted by molar-refractivity contribution is 9.10. The smallest absolute Gasteiger partial charge is 0.0754 e. The van der Waals surface area contributed by atoms with Crippen LogP contribution in [-0.2, 0) is 0 Å². The van der Waals surface area contributed by atoms with Crippen molar-refractivity contribution in [1.82, 2.24) is 4.98 Å². The van der Waals surface area contributed by atoms with Crippen LogP contribution in [0.2, 0.25) is 5.02 Å². The molecule has 1 aromatic rings. The number of rotatable bonds is 1. The lowest BCUT2D eigenvalue weighted by atomic mass is 10.2. The average Bonchev–Trinajstić information content (AvgIpc) is 1.85. The number of nitrogens with zero attached hydrogens (tertiary/aromatic N) is 1. The molecule has 0 aliphatic heterocycles. The van der Waals surface area contributed by atoms with Crippen molar-refractivity contribution in [3.8, 4) is 0 Å². The van der Waals surface area contributed by atoms with E-state index >= 15 is 0 Å². The number of hydrogen-bond donors (Lipinski definition) is 1. The minimum Gasteiger partial charge on any atom is -0.323 e. The van der Waals surface area contributed by atoms with Crippen LogP contribution in [0.15, 0.2) is 16.7 Å². The molecule has 0 amide bonds. The molecule has 0 saturated heterocycles. The number of nitrogens with two attached hydrogens (primary N) is 1. The van der Waals surface area contributed by atoms with Crippen LogP contribution in [0, 0.1) is 0 Å². The summed E-state index contributed by atoms with van der Waals surface area (Å²) in [7, 11) is 0. The maximum Gasteiger partial charge on any atom is 0.0754 e. The summed E-state index contributed by atoms with van der Waals surface area (Å²) in [5.74, 6) is 0. The van der Waals surface area contributed by atoms with Crippen molar-refractivity contribution < 1.29 is 0 Å². The maximum absolute atomic E-state index is 5.85. The Balaban J connectivity index is 3.09. The van der Waals surface area contributed by atoms with Crippen LogP contribution in [-0.4, -0.2) is 4.98 Å². The molecular weight excluding hydrogens is 227 g/mol. The molecule has 11 heavy (non-hydrogen) atoms. The largest absolute Gasteiger partial charge is 0.323 e. The van der Waals surface area contributed by atoms with Crippen molar-refractivity contribution >= 4 is 27.5 Å². The Morgan fingerprint density at radius 2 is 2.36 bits per heavy atom. The van der Waals surface area contributed by atoms with Gasteiger partial charge in [-0.2, -0.15) is 0 Å². The summed E-state index contributed by atoms with van der Waals surface area (Å²) in [6.07, 6.45) is 1.69. The summed E-state index contributed by atoms with van der Waals surface area (Å²) >= 11 is 9.11. The van der Waals surface area contributed by atoms with Crippen LogP contribution in [0.1, 0.15) is 18.7 Å². The zero-order valence-electron chi connectivity index (χ0n) is 6.01. The zero-order valence-corrected chi connectivity index (χ0v) is 8.35. The van der Waals surface area contributed by atoms with Crippen molar-refractivity contribution in [3.63, 3.8) is 0 Å². The van der Waals surface area contributed by atoms with Crippen LogP contribution in [0.3, 0.4) is 0 Å². The van der Waals surface area contributed by atoms with Gasteiger partial charge in [0.1, 0.15) is 0 Å². The first-order chi connectivity index (χ1) is 5.11. The summed E-state index contributed by atoms with van der Waals surface area (Å²) in [6.45, 7) is 1.85. The van der Waals surface area contributed by atoms with E-state index in [0.29, 0.717) is 5.02 Å². The van der Waals surface area contributed by atoms with Crippen LogP contribution >= 0.6 is 27.5 Å². The third kappa shape index (κ3) is 2.15. The highest BCUT2D eigenvalue weighted by Gasteiger charge is 2.06. The van der Waals surface area contributed by atoms with Crippen molar-refractivity contribution in [2.45, 2.75) is 13.0 Å². The zero-order chi connectivity index (χ0) is 8.43. The molecule has 1 atom stereocenters. The quantitative estimate of drug-likeness (QED) is 0.812. The predicted molar refractivity (Wildman–Crippen MR) is 49.5 cm³/mol. The molecule has 60 valence electrons. The van der Waals surface area contributed by atoms with Gasteiger partial charge in [0.2, 0.25) is 0 Å². The van der Waals surface area contributed by atoms with E-state index < -0.39 is 0 Å². The van der Waals surface area contributed by atoms with Gasteiger partial charge in [0, 0.05) is 16.7 Å². The Morgan fingerprint density at radius 1 is 1.73 bits per heavy atom. The molecule has 0 aliphatic rings. The molecule has 0 fully saturated rings. The molecule has 1 rings (SSSR count). The fourth-order valence-corrected chi connectivity index (χ4v) is 1.56. The van der Waals surface area contributed by atoms with Gasteiger partial charge >= 0.3 is 0 Å². The molecule has 0 aromatic carbocycles. The van der Waals surface area contributed by atoms with E-state index in [4.69, 9.17) is 17.3 Å². The number of pyridine rings is 1. The molecule has 2 nitrogen and oxygen atoms in total. The molecule has 0 bridgehead atoms. The van der Waals surface area contributed by atoms with Gasteiger partial charge in [0.15, 0.2) is 0 Å². The van der Waals surface area contributed by atoms with Crippen molar-refractivity contribution in [1.29, 1.82) is 0 Å². The topological polar surface area (TPSA) is 38.9 Å². The van der Waals surface area contributed by atoms with Gasteiger partial charge in [-0.05, 0) is 28.9 Å². The second kappa shape index (κ2) is 3.52. The molecule has 0 radical (unpaired) electrons. The monoisotopic (exact) mass is 234 g/mol. The first-order valence-electron chi connectivity index (χ1n) is 3.18. The first kappa shape index (κ1) is 8.97. The Morgan fingerprint density at radius 3 is 2.82 bits per heavy atom. The van der Waals surface area contributed by atoms with Crippen LogP contribution in [0.25, 0.3) is 0 Å². The molecule has 1 aromatic heterocycles. The SMILES string of the molecule is C[C@@H](N)c1ncc(Br)cc1Cl. The highest BCUT2D eigenvalue weighted by atomic mass is 79.9. The second-order valence-electron chi connectivity index (χ2n) is 2.31. The lowest BCUT2D eigenvalue weighted by Gasteiger charge is -2.05. The molecule has 0 aliphatic carbocycles. The van der Waals surface area contributed by atoms with Crippen molar-refractivity contribution in [2.75, 3.05) is 0 Å². The van der Waals surface area contributed by atoms with E-state index in [1.165, 1.54) is 0 Å². The summed E-state index contributed by atoms with van der Waals surface area (Å²) in [6, 6.07) is 1.67. The summed E-state index contributed by atoms with van der Waals surface area (Å²) < 4.78 is 0.868. The van der Waals surface area contributed by atoms with Gasteiger partial charge in [0.05, 0.1) is 10.7 Å². The van der Waals surface area contributed by atoms with Gasteiger partial charge in [0.25, 0.3) is 0 Å². The molecule has 1 heterocycles. The van der Waals surface area contributed by atoms with E-state index in [1.807, 2.05) is 6.92 Å². The lowest BCUT2D eigenvalue weighted by Crippen LogP contribution is -2.07. The number of aromatic nitrogens is 1. The Bertz CT molecular complexity index is 263. The van der Waals surface area contributed by atoms with Gasteiger partial charge in [-0.15, -0.1) is 0 Å². The maximum atomic E-state index is 5.85. The summed E-state index contributed by atoms with van der Waals surface area (Å²) in [5.41, 5.74) is 6.33. The molecule has 4 heteroatoms. The van der Waals surface area contributed by atoms with E-state index in [0.717, 1.165) is 10.2 Å². The lowest BCUT2D eigenvalue weighted by molar-refractivity contribution is 0.780. The molecular formula is C7H8BrClN2. The number of halogens is 2. The summed E-state index contributed by atoms with van der Waals surface area (Å²) in [5, 5.41) is 0.606. The minimum absolute atomic E-state index is 0.115. The highest BCUT2D eigenvalue weighted by Crippen LogP contribution is 2.22. The van der Waals surface area contributed by atoms with Crippen LogP contribution in [0.4, 0.5) is 0 Å². The molecule has 0 spiro atoms. The third-order valence-electron chi connectivity index (χ3n) is 1.27. The third-order valence-corrected chi connectivity index (χ3v) is 2.00. The fraction of sp³-hybridized carbons (Fsp3) is 0.286. The molecule has 2 N–H and O–H groups in total.